The number of halogens is 1. The first-order valence-electron chi connectivity index (χ1n) is 9.49. The molecule has 0 radical (unpaired) electrons. The van der Waals surface area contributed by atoms with Crippen molar-refractivity contribution in [3.63, 3.8) is 0 Å². The zero-order valence-corrected chi connectivity index (χ0v) is 16.8. The molecule has 29 heavy (non-hydrogen) atoms. The first kappa shape index (κ1) is 19.2. The van der Waals surface area contributed by atoms with Crippen LogP contribution >= 0.6 is 11.6 Å². The van der Waals surface area contributed by atoms with Crippen LogP contribution in [-0.4, -0.2) is 17.4 Å². The molecule has 4 rings (SSSR count). The van der Waals surface area contributed by atoms with Gasteiger partial charge >= 0.3 is 0 Å². The summed E-state index contributed by atoms with van der Waals surface area (Å²) in [7, 11) is 0. The van der Waals surface area contributed by atoms with E-state index in [4.69, 9.17) is 11.6 Å². The highest BCUT2D eigenvalue weighted by molar-refractivity contribution is 6.30. The maximum atomic E-state index is 13.4. The van der Waals surface area contributed by atoms with Crippen LogP contribution in [0.15, 0.2) is 78.9 Å². The number of nitrogens with zero attached hydrogens (tertiary/aromatic N) is 1. The van der Waals surface area contributed by atoms with E-state index in [9.17, 15) is 9.59 Å². The van der Waals surface area contributed by atoms with Crippen molar-refractivity contribution in [3.8, 4) is 0 Å². The van der Waals surface area contributed by atoms with E-state index in [0.29, 0.717) is 29.2 Å². The van der Waals surface area contributed by atoms with E-state index in [1.807, 2.05) is 73.7 Å². The third kappa shape index (κ3) is 3.64. The number of rotatable bonds is 4. The fourth-order valence-corrected chi connectivity index (χ4v) is 3.94. The van der Waals surface area contributed by atoms with E-state index >= 15 is 0 Å². The Labute approximate surface area is 175 Å². The molecule has 1 heterocycles. The molecule has 3 aromatic rings. The molecule has 4 nitrogen and oxygen atoms in total. The quantitative estimate of drug-likeness (QED) is 0.689. The lowest BCUT2D eigenvalue weighted by Gasteiger charge is -2.44. The maximum absolute atomic E-state index is 13.4. The van der Waals surface area contributed by atoms with Crippen LogP contribution in [0.4, 0.5) is 5.69 Å². The molecule has 2 amide bonds. The van der Waals surface area contributed by atoms with Crippen LogP contribution in [0.3, 0.4) is 0 Å². The van der Waals surface area contributed by atoms with Gasteiger partial charge in [0, 0.05) is 29.2 Å². The Bertz CT molecular complexity index is 1050. The van der Waals surface area contributed by atoms with Crippen LogP contribution in [-0.2, 0) is 17.8 Å². The Morgan fingerprint density at radius 3 is 2.38 bits per heavy atom. The molecule has 1 aliphatic heterocycles. The fourth-order valence-electron chi connectivity index (χ4n) is 3.81. The monoisotopic (exact) mass is 404 g/mol. The number of fused-ring (bicyclic) bond motifs is 1. The van der Waals surface area contributed by atoms with Crippen molar-refractivity contribution in [2.75, 3.05) is 4.90 Å². The fraction of sp³-hybridized carbons (Fsp3) is 0.167. The van der Waals surface area contributed by atoms with Crippen molar-refractivity contribution in [1.82, 2.24) is 5.32 Å². The van der Waals surface area contributed by atoms with Gasteiger partial charge in [0.25, 0.3) is 5.91 Å². The number of benzene rings is 3. The second kappa shape index (κ2) is 7.72. The van der Waals surface area contributed by atoms with Crippen molar-refractivity contribution in [3.05, 3.63) is 101 Å². The van der Waals surface area contributed by atoms with Crippen molar-refractivity contribution < 1.29 is 9.59 Å². The molecule has 1 N–H and O–H groups in total. The largest absolute Gasteiger partial charge is 0.350 e. The third-order valence-corrected chi connectivity index (χ3v) is 5.60. The second-order valence-corrected chi connectivity index (χ2v) is 7.83. The molecular formula is C24H21ClN2O2. The molecule has 0 aromatic heterocycles. The molecule has 0 aliphatic carbocycles. The number of nitrogens with one attached hydrogen (secondary N) is 1. The van der Waals surface area contributed by atoms with Gasteiger partial charge < -0.3 is 5.32 Å². The van der Waals surface area contributed by atoms with E-state index in [1.54, 1.807) is 17.0 Å². The third-order valence-electron chi connectivity index (χ3n) is 5.35. The normalized spacial score (nSPS) is 18.3. The van der Waals surface area contributed by atoms with Gasteiger partial charge in [-0.2, -0.15) is 0 Å². The van der Waals surface area contributed by atoms with Gasteiger partial charge in [-0.05, 0) is 48.4 Å². The first-order chi connectivity index (χ1) is 14.0. The van der Waals surface area contributed by atoms with Crippen molar-refractivity contribution in [2.45, 2.75) is 25.4 Å². The van der Waals surface area contributed by atoms with E-state index < -0.39 is 5.54 Å². The summed E-state index contributed by atoms with van der Waals surface area (Å²) in [6, 6.07) is 24.2. The van der Waals surface area contributed by atoms with Crippen molar-refractivity contribution in [2.24, 2.45) is 0 Å². The Morgan fingerprint density at radius 2 is 1.66 bits per heavy atom. The lowest BCUT2D eigenvalue weighted by atomic mass is 9.82. The Balaban J connectivity index is 1.68. The van der Waals surface area contributed by atoms with Gasteiger partial charge in [0.1, 0.15) is 5.54 Å². The minimum atomic E-state index is -1.04. The summed E-state index contributed by atoms with van der Waals surface area (Å²) in [4.78, 5) is 28.4. The second-order valence-electron chi connectivity index (χ2n) is 7.39. The van der Waals surface area contributed by atoms with Gasteiger partial charge in [-0.1, -0.05) is 60.1 Å². The summed E-state index contributed by atoms with van der Waals surface area (Å²) >= 11 is 5.94. The van der Waals surface area contributed by atoms with Crippen LogP contribution in [0.1, 0.15) is 28.4 Å². The summed E-state index contributed by atoms with van der Waals surface area (Å²) in [6.07, 6.45) is 0.441. The number of para-hydroxylation sites is 1. The number of carbonyl (C=O) groups is 2. The number of hydrogen-bond acceptors (Lipinski definition) is 2. The first-order valence-corrected chi connectivity index (χ1v) is 9.87. The number of carbonyl (C=O) groups excluding carboxylic acids is 2. The lowest BCUT2D eigenvalue weighted by molar-refractivity contribution is -0.126. The number of amides is 2. The summed E-state index contributed by atoms with van der Waals surface area (Å²) in [5.74, 6) is -0.360. The SMILES string of the molecule is C[C@@]1(C(=O)NCc2ccc(Cl)cc2)Cc2ccccc2C(=O)N1c1ccccc1. The highest BCUT2D eigenvalue weighted by atomic mass is 35.5. The minimum Gasteiger partial charge on any atom is -0.350 e. The Morgan fingerprint density at radius 1 is 1.00 bits per heavy atom. The van der Waals surface area contributed by atoms with Gasteiger partial charge in [-0.3, -0.25) is 14.5 Å². The van der Waals surface area contributed by atoms with E-state index in [-0.39, 0.29) is 11.8 Å². The van der Waals surface area contributed by atoms with Crippen molar-refractivity contribution >= 4 is 29.1 Å². The van der Waals surface area contributed by atoms with Crippen LogP contribution in [0.2, 0.25) is 5.02 Å². The zero-order valence-electron chi connectivity index (χ0n) is 16.1. The summed E-state index contributed by atoms with van der Waals surface area (Å²) in [5, 5.41) is 3.65. The van der Waals surface area contributed by atoms with Crippen LogP contribution in [0.25, 0.3) is 0 Å². The van der Waals surface area contributed by atoms with Gasteiger partial charge in [-0.25, -0.2) is 0 Å². The molecule has 0 bridgehead atoms. The van der Waals surface area contributed by atoms with Crippen LogP contribution in [0, 0.1) is 0 Å². The van der Waals surface area contributed by atoms with E-state index in [2.05, 4.69) is 5.32 Å². The molecule has 146 valence electrons. The average molecular weight is 405 g/mol. The summed E-state index contributed by atoms with van der Waals surface area (Å²) in [6.45, 7) is 2.19. The molecule has 1 aliphatic rings. The highest BCUT2D eigenvalue weighted by Gasteiger charge is 2.47. The maximum Gasteiger partial charge on any atom is 0.259 e. The molecule has 0 spiro atoms. The van der Waals surface area contributed by atoms with Crippen molar-refractivity contribution in [1.29, 1.82) is 0 Å². The highest BCUT2D eigenvalue weighted by Crippen LogP contribution is 2.35. The van der Waals surface area contributed by atoms with Gasteiger partial charge in [0.05, 0.1) is 0 Å². The smallest absolute Gasteiger partial charge is 0.259 e. The van der Waals surface area contributed by atoms with E-state index in [1.165, 1.54) is 0 Å². The van der Waals surface area contributed by atoms with Gasteiger partial charge in [-0.15, -0.1) is 0 Å². The molecular weight excluding hydrogens is 384 g/mol. The predicted octanol–water partition coefficient (Wildman–Crippen LogP) is 4.62. The van der Waals surface area contributed by atoms with Gasteiger partial charge in [0.15, 0.2) is 0 Å². The Kier molecular flexibility index (Phi) is 5.12. The van der Waals surface area contributed by atoms with E-state index in [0.717, 1.165) is 11.1 Å². The topological polar surface area (TPSA) is 49.4 Å². The van der Waals surface area contributed by atoms with Crippen LogP contribution in [0.5, 0.6) is 0 Å². The lowest BCUT2D eigenvalue weighted by Crippen LogP contribution is -2.63. The standard InChI is InChI=1S/C24H21ClN2O2/c1-24(23(29)26-16-17-11-13-19(25)14-12-17)15-18-7-5-6-10-21(18)22(28)27(24)20-8-3-2-4-9-20/h2-14H,15-16H2,1H3,(H,26,29)/t24-/m0/s1. The Hall–Kier alpha value is -3.11. The van der Waals surface area contributed by atoms with Gasteiger partial charge in [0.2, 0.25) is 5.91 Å². The zero-order chi connectivity index (χ0) is 20.4. The molecule has 0 fully saturated rings. The molecule has 0 saturated heterocycles. The predicted molar refractivity (Wildman–Crippen MR) is 115 cm³/mol. The molecule has 5 heteroatoms. The average Bonchev–Trinajstić information content (AvgIpc) is 2.74. The summed E-state index contributed by atoms with van der Waals surface area (Å²) in [5.41, 5.74) is 2.13. The van der Waals surface area contributed by atoms with Crippen LogP contribution < -0.4 is 10.2 Å². The molecule has 3 aromatic carbocycles. The summed E-state index contributed by atoms with van der Waals surface area (Å²) < 4.78 is 0. The molecule has 1 atom stereocenters. The number of hydrogen-bond donors (Lipinski definition) is 1. The molecule has 0 saturated carbocycles. The molecule has 0 unspecified atom stereocenters. The number of anilines is 1. The minimum absolute atomic E-state index is 0.165.